The molecule has 1 N–H and O–H groups in total. The smallest absolute Gasteiger partial charge is 0.247 e. The maximum absolute atomic E-state index is 12.4. The maximum Gasteiger partial charge on any atom is 0.247 e. The van der Waals surface area contributed by atoms with Crippen LogP contribution < -0.4 is 9.62 Å². The van der Waals surface area contributed by atoms with E-state index in [1.165, 1.54) is 17.0 Å². The summed E-state index contributed by atoms with van der Waals surface area (Å²) in [5.74, 6) is -0.317. The van der Waals surface area contributed by atoms with E-state index in [-0.39, 0.29) is 27.4 Å². The Morgan fingerprint density at radius 3 is 2.17 bits per heavy atom. The number of nitrogens with zero attached hydrogens (tertiary/aromatic N) is 1. The zero-order valence-electron chi connectivity index (χ0n) is 11.7. The van der Waals surface area contributed by atoms with Gasteiger partial charge in [0.1, 0.15) is 10.9 Å². The predicted octanol–water partition coefficient (Wildman–Crippen LogP) is 2.69. The van der Waals surface area contributed by atoms with Crippen molar-refractivity contribution in [3.05, 3.63) is 58.6 Å². The molecular formula is C15H12Cl2N2O3S. The number of amides is 1. The topological polar surface area (TPSA) is 66.5 Å². The van der Waals surface area contributed by atoms with Crippen LogP contribution in [0, 0.1) is 0 Å². The highest BCUT2D eigenvalue weighted by atomic mass is 35.5. The van der Waals surface area contributed by atoms with E-state index in [4.69, 9.17) is 23.2 Å². The van der Waals surface area contributed by atoms with E-state index in [9.17, 15) is 13.2 Å². The molecule has 120 valence electrons. The third-order valence-electron chi connectivity index (χ3n) is 3.48. The summed E-state index contributed by atoms with van der Waals surface area (Å²) in [5.41, 5.74) is 0.726. The largest absolute Gasteiger partial charge is 0.309 e. The molecule has 8 heteroatoms. The normalized spacial score (nSPS) is 17.9. The molecular weight excluding hydrogens is 359 g/mol. The quantitative estimate of drug-likeness (QED) is 0.841. The highest BCUT2D eigenvalue weighted by Crippen LogP contribution is 2.30. The second kappa shape index (κ2) is 6.13. The van der Waals surface area contributed by atoms with Gasteiger partial charge in [0.05, 0.1) is 16.6 Å². The summed E-state index contributed by atoms with van der Waals surface area (Å²) in [4.78, 5) is 13.5. The molecule has 1 fully saturated rings. The molecule has 5 nitrogen and oxygen atoms in total. The molecule has 0 bridgehead atoms. The van der Waals surface area contributed by atoms with Crippen LogP contribution in [0.3, 0.4) is 0 Å². The summed E-state index contributed by atoms with van der Waals surface area (Å²) in [6.45, 7) is 0.254. The molecule has 1 heterocycles. The van der Waals surface area contributed by atoms with Crippen LogP contribution in [0.5, 0.6) is 0 Å². The standard InChI is InChI=1S/C15H12Cl2N2O3S/c16-11-7-4-8-12(17)14(11)23(21,22)18-13-9-19(15(13)20)10-5-2-1-3-6-10/h1-8,13,18H,9H2/t13-/m1/s1. The van der Waals surface area contributed by atoms with Crippen LogP contribution in [0.4, 0.5) is 5.69 Å². The van der Waals surface area contributed by atoms with E-state index >= 15 is 0 Å². The van der Waals surface area contributed by atoms with Gasteiger partial charge in [-0.3, -0.25) is 4.79 Å². The molecule has 1 saturated heterocycles. The van der Waals surface area contributed by atoms with Crippen molar-refractivity contribution in [1.29, 1.82) is 0 Å². The first-order valence-corrected chi connectivity index (χ1v) is 8.97. The number of β-lactam (4-membered cyclic amide) rings is 1. The summed E-state index contributed by atoms with van der Waals surface area (Å²) in [6.07, 6.45) is 0. The molecule has 1 amide bonds. The molecule has 1 aliphatic heterocycles. The fourth-order valence-electron chi connectivity index (χ4n) is 2.34. The molecule has 0 unspecified atom stereocenters. The number of nitrogens with one attached hydrogen (secondary N) is 1. The second-order valence-corrected chi connectivity index (χ2v) is 7.47. The minimum Gasteiger partial charge on any atom is -0.309 e. The summed E-state index contributed by atoms with van der Waals surface area (Å²) in [7, 11) is -3.98. The second-order valence-electron chi connectivity index (χ2n) is 5.01. The van der Waals surface area contributed by atoms with Gasteiger partial charge in [0.2, 0.25) is 15.9 Å². The number of rotatable bonds is 4. The van der Waals surface area contributed by atoms with E-state index in [1.54, 1.807) is 18.2 Å². The van der Waals surface area contributed by atoms with Crippen molar-refractivity contribution in [2.75, 3.05) is 11.4 Å². The highest BCUT2D eigenvalue weighted by Gasteiger charge is 2.41. The number of carbonyl (C=O) groups is 1. The molecule has 2 aromatic rings. The Morgan fingerprint density at radius 2 is 1.61 bits per heavy atom. The number of carbonyl (C=O) groups excluding carboxylic acids is 1. The number of sulfonamides is 1. The lowest BCUT2D eigenvalue weighted by molar-refractivity contribution is -0.124. The third-order valence-corrected chi connectivity index (χ3v) is 5.91. The van der Waals surface area contributed by atoms with Crippen LogP contribution in [-0.4, -0.2) is 26.9 Å². The van der Waals surface area contributed by atoms with Crippen molar-refractivity contribution in [1.82, 2.24) is 4.72 Å². The summed E-state index contributed by atoms with van der Waals surface area (Å²) >= 11 is 11.8. The van der Waals surface area contributed by atoms with Crippen molar-refractivity contribution < 1.29 is 13.2 Å². The summed E-state index contributed by atoms with van der Waals surface area (Å²) < 4.78 is 27.2. The predicted molar refractivity (Wildman–Crippen MR) is 89.4 cm³/mol. The first-order valence-electron chi connectivity index (χ1n) is 6.73. The molecule has 1 aliphatic rings. The number of halogens is 2. The average molecular weight is 371 g/mol. The Kier molecular flexibility index (Phi) is 4.33. The zero-order valence-corrected chi connectivity index (χ0v) is 14.1. The molecule has 0 radical (unpaired) electrons. The third kappa shape index (κ3) is 3.07. The van der Waals surface area contributed by atoms with Crippen molar-refractivity contribution in [3.63, 3.8) is 0 Å². The maximum atomic E-state index is 12.4. The van der Waals surface area contributed by atoms with Gasteiger partial charge in [-0.25, -0.2) is 8.42 Å². The Hall–Kier alpha value is -1.60. The van der Waals surface area contributed by atoms with Gasteiger partial charge in [-0.1, -0.05) is 47.5 Å². The van der Waals surface area contributed by atoms with E-state index in [1.807, 2.05) is 18.2 Å². The van der Waals surface area contributed by atoms with E-state index in [0.29, 0.717) is 0 Å². The van der Waals surface area contributed by atoms with Gasteiger partial charge >= 0.3 is 0 Å². The Bertz CT molecular complexity index is 836. The van der Waals surface area contributed by atoms with Gasteiger partial charge in [-0.2, -0.15) is 4.72 Å². The Morgan fingerprint density at radius 1 is 1.00 bits per heavy atom. The lowest BCUT2D eigenvalue weighted by Crippen LogP contribution is -2.64. The molecule has 1 atom stereocenters. The van der Waals surface area contributed by atoms with Gasteiger partial charge < -0.3 is 4.90 Å². The van der Waals surface area contributed by atoms with Gasteiger partial charge in [0.25, 0.3) is 0 Å². The van der Waals surface area contributed by atoms with Crippen LogP contribution in [0.15, 0.2) is 53.4 Å². The van der Waals surface area contributed by atoms with Crippen molar-refractivity contribution in [2.45, 2.75) is 10.9 Å². The van der Waals surface area contributed by atoms with Crippen molar-refractivity contribution in [2.24, 2.45) is 0 Å². The average Bonchev–Trinajstić information content (AvgIpc) is 2.51. The lowest BCUT2D eigenvalue weighted by atomic mass is 10.1. The highest BCUT2D eigenvalue weighted by molar-refractivity contribution is 7.89. The fraction of sp³-hybridized carbons (Fsp3) is 0.133. The van der Waals surface area contributed by atoms with Crippen molar-refractivity contribution >= 4 is 44.8 Å². The minimum absolute atomic E-state index is 0.0108. The molecule has 0 aromatic heterocycles. The zero-order chi connectivity index (χ0) is 16.6. The monoisotopic (exact) mass is 370 g/mol. The Balaban J connectivity index is 1.78. The molecule has 2 aromatic carbocycles. The molecule has 0 saturated carbocycles. The first-order chi connectivity index (χ1) is 10.9. The number of hydrogen-bond acceptors (Lipinski definition) is 3. The number of para-hydroxylation sites is 1. The number of benzene rings is 2. The van der Waals surface area contributed by atoms with E-state index in [0.717, 1.165) is 5.69 Å². The van der Waals surface area contributed by atoms with Crippen molar-refractivity contribution in [3.8, 4) is 0 Å². The fourth-order valence-corrected chi connectivity index (χ4v) is 4.66. The van der Waals surface area contributed by atoms with Gasteiger partial charge in [-0.15, -0.1) is 0 Å². The van der Waals surface area contributed by atoms with E-state index < -0.39 is 16.1 Å². The van der Waals surface area contributed by atoms with Crippen LogP contribution in [0.25, 0.3) is 0 Å². The number of hydrogen-bond donors (Lipinski definition) is 1. The van der Waals surface area contributed by atoms with Gasteiger partial charge in [-0.05, 0) is 24.3 Å². The van der Waals surface area contributed by atoms with Crippen LogP contribution in [-0.2, 0) is 14.8 Å². The summed E-state index contributed by atoms with van der Waals surface area (Å²) in [6, 6.07) is 12.6. The number of anilines is 1. The molecule has 0 spiro atoms. The molecule has 0 aliphatic carbocycles. The van der Waals surface area contributed by atoms with Gasteiger partial charge in [0.15, 0.2) is 0 Å². The lowest BCUT2D eigenvalue weighted by Gasteiger charge is -2.38. The van der Waals surface area contributed by atoms with E-state index in [2.05, 4.69) is 4.72 Å². The minimum atomic E-state index is -3.98. The van der Waals surface area contributed by atoms with Crippen LogP contribution in [0.1, 0.15) is 0 Å². The van der Waals surface area contributed by atoms with Crippen LogP contribution in [0.2, 0.25) is 10.0 Å². The molecule has 23 heavy (non-hydrogen) atoms. The summed E-state index contributed by atoms with van der Waals surface area (Å²) in [5, 5.41) is 0.0216. The molecule has 3 rings (SSSR count). The van der Waals surface area contributed by atoms with Crippen LogP contribution >= 0.6 is 23.2 Å². The Labute approximate surface area is 143 Å². The first kappa shape index (κ1) is 16.3. The SMILES string of the molecule is O=C1[C@H](NS(=O)(=O)c2c(Cl)cccc2Cl)CN1c1ccccc1. The van der Waals surface area contributed by atoms with Gasteiger partial charge in [0, 0.05) is 5.69 Å².